The molecule has 70 heavy (non-hydrogen) atoms. The molecule has 0 aliphatic heterocycles. The standard InChI is InChI=1S/C53H94O15P2/c1-3-5-7-9-11-13-15-17-19-21-23-25-27-29-31-33-35-37-39-41-52(57)63-43-49(54)45-65-69(59,60)67-47-51(56)48-68-70(61,62)66-46-50(55)44-64-53(58)42-40-38-36-34-32-30-28-26-24-22-20-18-16-14-12-10-8-6-4-2/h5,7,11,13,17-20,23,25,29,31,49-51,54-56H,3-4,6,8-10,12,14-16,21-22,24,26-28,30,32-48H2,1-2H3,(H,59,60)(H,61,62)/b7-5-,13-11-,19-17-,20-18+,25-23-,31-29-. The van der Waals surface area contributed by atoms with Gasteiger partial charge in [-0.15, -0.1) is 0 Å². The van der Waals surface area contributed by atoms with Crippen molar-refractivity contribution in [3.05, 3.63) is 72.9 Å². The van der Waals surface area contributed by atoms with Crippen LogP contribution in [0, 0.1) is 0 Å². The van der Waals surface area contributed by atoms with E-state index in [0.717, 1.165) is 70.6 Å². The molecule has 0 aromatic carbocycles. The number of phosphoric acid groups is 2. The molecule has 0 aliphatic rings. The maximum absolute atomic E-state index is 12.2. The lowest BCUT2D eigenvalue weighted by atomic mass is 10.1. The van der Waals surface area contributed by atoms with Crippen LogP contribution in [-0.2, 0) is 46.3 Å². The van der Waals surface area contributed by atoms with Crippen molar-refractivity contribution >= 4 is 27.6 Å². The van der Waals surface area contributed by atoms with E-state index in [1.165, 1.54) is 83.5 Å². The Bertz CT molecular complexity index is 1530. The molecule has 5 atom stereocenters. The van der Waals surface area contributed by atoms with Gasteiger partial charge in [-0.1, -0.05) is 170 Å². The second kappa shape index (κ2) is 48.7. The van der Waals surface area contributed by atoms with Crippen LogP contribution in [0.15, 0.2) is 72.9 Å². The molecular formula is C53H94O15P2. The highest BCUT2D eigenvalue weighted by Gasteiger charge is 2.28. The van der Waals surface area contributed by atoms with Gasteiger partial charge in [-0.2, -0.15) is 0 Å². The average Bonchev–Trinajstić information content (AvgIpc) is 3.34. The van der Waals surface area contributed by atoms with E-state index in [1.807, 2.05) is 0 Å². The Morgan fingerprint density at radius 2 is 0.657 bits per heavy atom. The number of carbonyl (C=O) groups is 2. The number of ether oxygens (including phenoxy) is 2. The zero-order valence-electron chi connectivity index (χ0n) is 42.9. The van der Waals surface area contributed by atoms with Crippen molar-refractivity contribution in [2.75, 3.05) is 39.6 Å². The van der Waals surface area contributed by atoms with E-state index in [1.54, 1.807) is 0 Å². The van der Waals surface area contributed by atoms with Crippen LogP contribution in [-0.4, -0.2) is 95.0 Å². The van der Waals surface area contributed by atoms with Crippen LogP contribution >= 0.6 is 15.6 Å². The van der Waals surface area contributed by atoms with Crippen molar-refractivity contribution < 1.29 is 71.4 Å². The summed E-state index contributed by atoms with van der Waals surface area (Å²) in [6.45, 7) is 0.270. The minimum Gasteiger partial charge on any atom is -0.463 e. The number of hydrogen-bond acceptors (Lipinski definition) is 13. The van der Waals surface area contributed by atoms with Crippen molar-refractivity contribution in [2.45, 2.75) is 212 Å². The second-order valence-corrected chi connectivity index (χ2v) is 20.4. The quantitative estimate of drug-likeness (QED) is 0.0165. The number of esters is 2. The summed E-state index contributed by atoms with van der Waals surface area (Å²) < 4.78 is 53.1. The lowest BCUT2D eigenvalue weighted by Crippen LogP contribution is -2.25. The topological polar surface area (TPSA) is 225 Å². The summed E-state index contributed by atoms with van der Waals surface area (Å²) in [4.78, 5) is 43.9. The fourth-order valence-corrected chi connectivity index (χ4v) is 8.18. The third-order valence-corrected chi connectivity index (χ3v) is 12.5. The summed E-state index contributed by atoms with van der Waals surface area (Å²) in [5.41, 5.74) is 0. The minimum atomic E-state index is -4.80. The lowest BCUT2D eigenvalue weighted by molar-refractivity contribution is -0.148. The van der Waals surface area contributed by atoms with Gasteiger partial charge in [0.2, 0.25) is 0 Å². The summed E-state index contributed by atoms with van der Waals surface area (Å²) in [6, 6.07) is 0. The Balaban J connectivity index is 3.89. The van der Waals surface area contributed by atoms with Crippen LogP contribution in [0.2, 0.25) is 0 Å². The molecule has 17 heteroatoms. The van der Waals surface area contributed by atoms with Gasteiger partial charge < -0.3 is 34.6 Å². The normalized spacial score (nSPS) is 15.5. The van der Waals surface area contributed by atoms with Crippen molar-refractivity contribution in [3.8, 4) is 0 Å². The van der Waals surface area contributed by atoms with Gasteiger partial charge in [0.15, 0.2) is 0 Å². The van der Waals surface area contributed by atoms with Crippen LogP contribution in [0.4, 0.5) is 0 Å². The molecule has 0 heterocycles. The summed E-state index contributed by atoms with van der Waals surface area (Å²) in [7, 11) is -9.59. The lowest BCUT2D eigenvalue weighted by Gasteiger charge is -2.19. The Hall–Kier alpha value is -2.52. The Kier molecular flexibility index (Phi) is 47.0. The maximum atomic E-state index is 12.2. The van der Waals surface area contributed by atoms with Gasteiger partial charge in [0.05, 0.1) is 26.4 Å². The van der Waals surface area contributed by atoms with Crippen LogP contribution in [0.5, 0.6) is 0 Å². The van der Waals surface area contributed by atoms with Gasteiger partial charge in [0.1, 0.15) is 31.5 Å². The first-order valence-electron chi connectivity index (χ1n) is 26.3. The van der Waals surface area contributed by atoms with E-state index in [2.05, 4.69) is 100 Å². The molecule has 0 aromatic rings. The van der Waals surface area contributed by atoms with E-state index in [-0.39, 0.29) is 12.8 Å². The smallest absolute Gasteiger partial charge is 0.463 e. The van der Waals surface area contributed by atoms with Crippen LogP contribution < -0.4 is 0 Å². The van der Waals surface area contributed by atoms with Gasteiger partial charge in [-0.25, -0.2) is 9.13 Å². The highest BCUT2D eigenvalue weighted by molar-refractivity contribution is 7.47. The van der Waals surface area contributed by atoms with E-state index in [0.29, 0.717) is 12.8 Å². The molecular weight excluding hydrogens is 939 g/mol. The Morgan fingerprint density at radius 3 is 1.01 bits per heavy atom. The van der Waals surface area contributed by atoms with Gasteiger partial charge >= 0.3 is 27.6 Å². The maximum Gasteiger partial charge on any atom is 0.472 e. The average molecular weight is 1030 g/mol. The number of carbonyl (C=O) groups excluding carboxylic acids is 2. The number of aliphatic hydroxyl groups is 3. The molecule has 0 fully saturated rings. The van der Waals surface area contributed by atoms with E-state index >= 15 is 0 Å². The summed E-state index contributed by atoms with van der Waals surface area (Å²) in [5.74, 6) is -1.03. The molecule has 0 radical (unpaired) electrons. The SMILES string of the molecule is CC/C=C\C/C=C\C/C=C\C/C=C\C/C=C\CCCCCC(=O)OCC(O)COP(=O)(O)OCC(O)COP(=O)(O)OCC(O)COC(=O)CCCCCCCCCCC/C=C/CCCCCCCC. The summed E-state index contributed by atoms with van der Waals surface area (Å²) in [6.07, 6.45) is 50.3. The van der Waals surface area contributed by atoms with Gasteiger partial charge in [-0.3, -0.25) is 27.7 Å². The largest absolute Gasteiger partial charge is 0.472 e. The number of aliphatic hydroxyl groups excluding tert-OH is 3. The van der Waals surface area contributed by atoms with Crippen LogP contribution in [0.3, 0.4) is 0 Å². The van der Waals surface area contributed by atoms with Gasteiger partial charge in [-0.05, 0) is 83.5 Å². The first-order chi connectivity index (χ1) is 33.8. The Morgan fingerprint density at radius 1 is 0.386 bits per heavy atom. The second-order valence-electron chi connectivity index (χ2n) is 17.5. The first kappa shape index (κ1) is 67.5. The van der Waals surface area contributed by atoms with Crippen molar-refractivity contribution in [1.82, 2.24) is 0 Å². The van der Waals surface area contributed by atoms with Crippen LogP contribution in [0.25, 0.3) is 0 Å². The molecule has 0 saturated carbocycles. The van der Waals surface area contributed by atoms with E-state index in [9.17, 15) is 43.8 Å². The molecule has 15 nitrogen and oxygen atoms in total. The third kappa shape index (κ3) is 50.4. The summed E-state index contributed by atoms with van der Waals surface area (Å²) >= 11 is 0. The highest BCUT2D eigenvalue weighted by Crippen LogP contribution is 2.45. The fraction of sp³-hybridized carbons (Fsp3) is 0.736. The van der Waals surface area contributed by atoms with Gasteiger partial charge in [0, 0.05) is 12.8 Å². The van der Waals surface area contributed by atoms with Crippen molar-refractivity contribution in [1.29, 1.82) is 0 Å². The zero-order valence-corrected chi connectivity index (χ0v) is 44.7. The molecule has 0 bridgehead atoms. The van der Waals surface area contributed by atoms with Gasteiger partial charge in [0.25, 0.3) is 0 Å². The predicted octanol–water partition coefficient (Wildman–Crippen LogP) is 12.7. The molecule has 0 saturated heterocycles. The zero-order chi connectivity index (χ0) is 51.7. The van der Waals surface area contributed by atoms with E-state index < -0.39 is 85.5 Å². The first-order valence-corrected chi connectivity index (χ1v) is 29.3. The van der Waals surface area contributed by atoms with Crippen molar-refractivity contribution in [3.63, 3.8) is 0 Å². The molecule has 5 unspecified atom stereocenters. The van der Waals surface area contributed by atoms with Crippen LogP contribution in [0.1, 0.15) is 194 Å². The molecule has 406 valence electrons. The summed E-state index contributed by atoms with van der Waals surface area (Å²) in [5, 5.41) is 30.1. The predicted molar refractivity (Wildman–Crippen MR) is 279 cm³/mol. The molecule has 0 amide bonds. The molecule has 0 aliphatic carbocycles. The molecule has 0 aromatic heterocycles. The van der Waals surface area contributed by atoms with E-state index in [4.69, 9.17) is 14.0 Å². The molecule has 5 N–H and O–H groups in total. The highest BCUT2D eigenvalue weighted by atomic mass is 31.2. The number of rotatable bonds is 50. The number of allylic oxidation sites excluding steroid dienone is 12. The van der Waals surface area contributed by atoms with Crippen molar-refractivity contribution in [2.24, 2.45) is 0 Å². The molecule has 0 spiro atoms. The molecule has 0 rings (SSSR count). The number of hydrogen-bond donors (Lipinski definition) is 5. The number of phosphoric ester groups is 2. The Labute approximate surface area is 422 Å². The minimum absolute atomic E-state index is 0.154. The number of unbranched alkanes of at least 4 members (excludes halogenated alkanes) is 18. The third-order valence-electron chi connectivity index (χ3n) is 10.6. The monoisotopic (exact) mass is 1030 g/mol. The fourth-order valence-electron chi connectivity index (χ4n) is 6.59.